The summed E-state index contributed by atoms with van der Waals surface area (Å²) in [6.45, 7) is 4.59. The third-order valence-electron chi connectivity index (χ3n) is 2.43. The highest BCUT2D eigenvalue weighted by Crippen LogP contribution is 2.05. The number of unbranched alkanes of at least 4 members (excludes halogenated alkanes) is 4. The van der Waals surface area contributed by atoms with Gasteiger partial charge in [-0.25, -0.2) is 0 Å². The highest BCUT2D eigenvalue weighted by Gasteiger charge is 1.98. The van der Waals surface area contributed by atoms with E-state index in [4.69, 9.17) is 15.3 Å². The number of nitrogens with zero attached hydrogens (tertiary/aromatic N) is 2. The molecule has 0 aromatic heterocycles. The van der Waals surface area contributed by atoms with E-state index in [1.807, 2.05) is 0 Å². The largest absolute Gasteiger partial charge is 0.374 e. The average Bonchev–Trinajstić information content (AvgIpc) is 2.29. The van der Waals surface area contributed by atoms with Crippen LogP contribution in [-0.2, 0) is 0 Å². The van der Waals surface area contributed by atoms with E-state index in [1.54, 1.807) is 0 Å². The van der Waals surface area contributed by atoms with Crippen LogP contribution in [0.25, 0.3) is 0 Å². The molecule has 1 aliphatic heterocycles. The van der Waals surface area contributed by atoms with Crippen molar-refractivity contribution in [2.45, 2.75) is 39.0 Å². The van der Waals surface area contributed by atoms with Crippen molar-refractivity contribution in [2.75, 3.05) is 13.1 Å². The molecular formula is C12H22N2O3. The minimum absolute atomic E-state index is 1.10. The van der Waals surface area contributed by atoms with Gasteiger partial charge in [0.25, 0.3) is 5.09 Å². The summed E-state index contributed by atoms with van der Waals surface area (Å²) in [5.74, 6) is 0. The van der Waals surface area contributed by atoms with Gasteiger partial charge in [-0.2, -0.15) is 0 Å². The fourth-order valence-electron chi connectivity index (χ4n) is 1.59. The van der Waals surface area contributed by atoms with Crippen LogP contribution in [0, 0.1) is 10.1 Å². The van der Waals surface area contributed by atoms with Crippen molar-refractivity contribution in [2.24, 2.45) is 0 Å². The summed E-state index contributed by atoms with van der Waals surface area (Å²) in [5.41, 5.74) is 0. The zero-order chi connectivity index (χ0) is 12.9. The predicted octanol–water partition coefficient (Wildman–Crippen LogP) is 2.99. The van der Waals surface area contributed by atoms with Gasteiger partial charge in [0.05, 0.1) is 0 Å². The van der Waals surface area contributed by atoms with Crippen LogP contribution in [0.4, 0.5) is 0 Å². The lowest BCUT2D eigenvalue weighted by Gasteiger charge is -2.20. The Hall–Kier alpha value is -1.52. The van der Waals surface area contributed by atoms with Gasteiger partial charge in [-0.3, -0.25) is 0 Å². The Balaban J connectivity index is 0.000000557. The molecule has 0 aliphatic carbocycles. The van der Waals surface area contributed by atoms with Gasteiger partial charge in [0.2, 0.25) is 0 Å². The smallest absolute Gasteiger partial charge is 0.291 e. The lowest BCUT2D eigenvalue weighted by Crippen LogP contribution is -2.19. The van der Waals surface area contributed by atoms with Crippen LogP contribution in [0.15, 0.2) is 24.4 Å². The van der Waals surface area contributed by atoms with E-state index in [0.717, 1.165) is 6.54 Å². The van der Waals surface area contributed by atoms with Crippen molar-refractivity contribution in [3.05, 3.63) is 34.5 Å². The molecule has 1 N–H and O–H groups in total. The van der Waals surface area contributed by atoms with Crippen LogP contribution >= 0.6 is 0 Å². The maximum atomic E-state index is 8.36. The highest BCUT2D eigenvalue weighted by atomic mass is 16.9. The normalized spacial score (nSPS) is 13.1. The topological polar surface area (TPSA) is 66.6 Å². The average molecular weight is 242 g/mol. The van der Waals surface area contributed by atoms with Crippen LogP contribution in [-0.4, -0.2) is 28.3 Å². The van der Waals surface area contributed by atoms with E-state index in [9.17, 15) is 0 Å². The van der Waals surface area contributed by atoms with Crippen LogP contribution in [0.1, 0.15) is 39.0 Å². The summed E-state index contributed by atoms with van der Waals surface area (Å²) < 4.78 is 0. The molecule has 1 heterocycles. The summed E-state index contributed by atoms with van der Waals surface area (Å²) in [6.07, 6.45) is 15.5. The van der Waals surface area contributed by atoms with E-state index < -0.39 is 5.09 Å². The second-order valence-corrected chi connectivity index (χ2v) is 3.92. The van der Waals surface area contributed by atoms with Gasteiger partial charge in [0, 0.05) is 13.1 Å². The van der Waals surface area contributed by atoms with Crippen LogP contribution in [0.3, 0.4) is 0 Å². The molecule has 0 aromatic carbocycles. The Morgan fingerprint density at radius 2 is 1.94 bits per heavy atom. The van der Waals surface area contributed by atoms with E-state index >= 15 is 0 Å². The lowest BCUT2D eigenvalue weighted by atomic mass is 10.1. The lowest BCUT2D eigenvalue weighted by molar-refractivity contribution is -0.742. The Morgan fingerprint density at radius 1 is 1.29 bits per heavy atom. The number of rotatable bonds is 6. The first-order valence-corrected chi connectivity index (χ1v) is 6.07. The summed E-state index contributed by atoms with van der Waals surface area (Å²) in [5, 5.41) is 13.6. The summed E-state index contributed by atoms with van der Waals surface area (Å²) in [6, 6.07) is 0. The predicted molar refractivity (Wildman–Crippen MR) is 67.4 cm³/mol. The van der Waals surface area contributed by atoms with E-state index in [2.05, 4.69) is 36.3 Å². The minimum Gasteiger partial charge on any atom is -0.374 e. The SMILES string of the molecule is CCCCCCCN1C=CC=CC1.O=[N+]([O-])O. The molecule has 17 heavy (non-hydrogen) atoms. The van der Waals surface area contributed by atoms with Gasteiger partial charge < -0.3 is 10.1 Å². The molecule has 1 rings (SSSR count). The maximum absolute atomic E-state index is 8.36. The first-order valence-electron chi connectivity index (χ1n) is 6.07. The van der Waals surface area contributed by atoms with Crippen LogP contribution < -0.4 is 0 Å². The van der Waals surface area contributed by atoms with Crippen molar-refractivity contribution in [1.29, 1.82) is 0 Å². The Labute approximate surface area is 103 Å². The zero-order valence-corrected chi connectivity index (χ0v) is 10.4. The second-order valence-electron chi connectivity index (χ2n) is 3.92. The standard InChI is InChI=1S/C12H21N.HNO3/c1-2-3-4-5-7-10-13-11-8-6-9-12-13;2-1(3)4/h6,8-9,11H,2-5,7,10,12H2,1H3;(H,2,3,4). The first-order chi connectivity index (χ1) is 8.16. The molecule has 0 saturated carbocycles. The van der Waals surface area contributed by atoms with Gasteiger partial charge in [-0.15, -0.1) is 10.1 Å². The molecule has 0 atom stereocenters. The monoisotopic (exact) mass is 242 g/mol. The zero-order valence-electron chi connectivity index (χ0n) is 10.4. The molecule has 0 fully saturated rings. The molecule has 1 aliphatic rings. The van der Waals surface area contributed by atoms with Crippen molar-refractivity contribution < 1.29 is 10.3 Å². The summed E-state index contributed by atoms with van der Waals surface area (Å²) in [4.78, 5) is 10.7. The minimum atomic E-state index is -1.50. The first kappa shape index (κ1) is 15.5. The molecule has 0 aromatic rings. The maximum Gasteiger partial charge on any atom is 0.291 e. The van der Waals surface area contributed by atoms with E-state index in [1.165, 1.54) is 38.6 Å². The third kappa shape index (κ3) is 12.4. The quantitative estimate of drug-likeness (QED) is 0.441. The fourth-order valence-corrected chi connectivity index (χ4v) is 1.59. The Bertz CT molecular complexity index is 248. The van der Waals surface area contributed by atoms with E-state index in [0.29, 0.717) is 0 Å². The highest BCUT2D eigenvalue weighted by molar-refractivity contribution is 5.08. The van der Waals surface area contributed by atoms with Gasteiger partial charge >= 0.3 is 0 Å². The Morgan fingerprint density at radius 3 is 2.47 bits per heavy atom. The van der Waals surface area contributed by atoms with Crippen LogP contribution in [0.5, 0.6) is 0 Å². The fraction of sp³-hybridized carbons (Fsp3) is 0.667. The molecule has 5 heteroatoms. The molecule has 0 unspecified atom stereocenters. The van der Waals surface area contributed by atoms with E-state index in [-0.39, 0.29) is 0 Å². The van der Waals surface area contributed by atoms with Crippen molar-refractivity contribution in [1.82, 2.24) is 4.90 Å². The third-order valence-corrected chi connectivity index (χ3v) is 2.43. The molecule has 0 radical (unpaired) electrons. The van der Waals surface area contributed by atoms with Crippen LogP contribution in [0.2, 0.25) is 0 Å². The van der Waals surface area contributed by atoms with Gasteiger partial charge in [0.1, 0.15) is 0 Å². The Kier molecular flexibility index (Phi) is 10.00. The van der Waals surface area contributed by atoms with Crippen molar-refractivity contribution in [3.8, 4) is 0 Å². The summed E-state index contributed by atoms with van der Waals surface area (Å²) in [7, 11) is 0. The van der Waals surface area contributed by atoms with Crippen molar-refractivity contribution >= 4 is 0 Å². The second kappa shape index (κ2) is 11.0. The van der Waals surface area contributed by atoms with Gasteiger partial charge in [-0.05, 0) is 18.7 Å². The summed E-state index contributed by atoms with van der Waals surface area (Å²) >= 11 is 0. The number of hydrogen-bond acceptors (Lipinski definition) is 3. The molecule has 0 amide bonds. The van der Waals surface area contributed by atoms with Gasteiger partial charge in [0.15, 0.2) is 0 Å². The van der Waals surface area contributed by atoms with Gasteiger partial charge in [-0.1, -0.05) is 44.8 Å². The molecule has 5 nitrogen and oxygen atoms in total. The molecule has 0 saturated heterocycles. The molecule has 0 spiro atoms. The molecule has 98 valence electrons. The number of allylic oxidation sites excluding steroid dienone is 2. The number of hydrogen-bond donors (Lipinski definition) is 1. The molecule has 0 bridgehead atoms. The van der Waals surface area contributed by atoms with Crippen molar-refractivity contribution in [3.63, 3.8) is 0 Å². The molecular weight excluding hydrogens is 220 g/mol.